The lowest BCUT2D eigenvalue weighted by Gasteiger charge is -2.09. The van der Waals surface area contributed by atoms with Crippen molar-refractivity contribution in [2.75, 3.05) is 0 Å². The molecule has 0 saturated heterocycles. The van der Waals surface area contributed by atoms with Crippen LogP contribution in [0, 0.1) is 13.8 Å². The molecule has 0 atom stereocenters. The summed E-state index contributed by atoms with van der Waals surface area (Å²) >= 11 is 4.66. The summed E-state index contributed by atoms with van der Waals surface area (Å²) in [4.78, 5) is 0. The number of hydrogen-bond acceptors (Lipinski definition) is 2. The van der Waals surface area contributed by atoms with E-state index < -0.39 is 0 Å². The Morgan fingerprint density at radius 1 is 1.16 bits per heavy atom. The highest BCUT2D eigenvalue weighted by molar-refractivity contribution is 7.80. The van der Waals surface area contributed by atoms with Gasteiger partial charge >= 0.3 is 0 Å². The molecule has 0 saturated carbocycles. The lowest BCUT2D eigenvalue weighted by molar-refractivity contribution is 0.965. The molecular formula is C14H16N4S. The SMILES string of the molecule is Cc1ccc(C)n1-c1ccc(C=NNC(N)=S)cc1. The van der Waals surface area contributed by atoms with E-state index in [1.54, 1.807) is 6.21 Å². The number of hydrogen-bond donors (Lipinski definition) is 2. The molecule has 0 aliphatic carbocycles. The monoisotopic (exact) mass is 272 g/mol. The van der Waals surface area contributed by atoms with Gasteiger partial charge in [0.05, 0.1) is 6.21 Å². The Morgan fingerprint density at radius 3 is 2.26 bits per heavy atom. The van der Waals surface area contributed by atoms with Crippen LogP contribution in [0.1, 0.15) is 17.0 Å². The Kier molecular flexibility index (Phi) is 3.97. The van der Waals surface area contributed by atoms with Crippen molar-refractivity contribution >= 4 is 23.5 Å². The van der Waals surface area contributed by atoms with E-state index in [0.717, 1.165) is 11.3 Å². The van der Waals surface area contributed by atoms with Gasteiger partial charge in [-0.05, 0) is 55.9 Å². The number of nitrogens with zero attached hydrogens (tertiary/aromatic N) is 2. The topological polar surface area (TPSA) is 55.3 Å². The van der Waals surface area contributed by atoms with Gasteiger partial charge in [0.1, 0.15) is 0 Å². The van der Waals surface area contributed by atoms with Crippen molar-refractivity contribution in [1.82, 2.24) is 9.99 Å². The van der Waals surface area contributed by atoms with Crippen molar-refractivity contribution < 1.29 is 0 Å². The maximum absolute atomic E-state index is 5.28. The van der Waals surface area contributed by atoms with E-state index in [1.807, 2.05) is 12.1 Å². The number of hydrazone groups is 1. The maximum Gasteiger partial charge on any atom is 0.184 e. The average molecular weight is 272 g/mol. The van der Waals surface area contributed by atoms with Crippen LogP contribution in [0.15, 0.2) is 41.5 Å². The van der Waals surface area contributed by atoms with Gasteiger partial charge in [-0.15, -0.1) is 0 Å². The zero-order valence-electron chi connectivity index (χ0n) is 10.9. The minimum absolute atomic E-state index is 0.159. The number of benzene rings is 1. The van der Waals surface area contributed by atoms with Crippen LogP contribution in [0.4, 0.5) is 0 Å². The molecule has 0 spiro atoms. The Hall–Kier alpha value is -2.14. The second-order valence-corrected chi connectivity index (χ2v) is 4.72. The van der Waals surface area contributed by atoms with Crippen molar-refractivity contribution in [3.63, 3.8) is 0 Å². The van der Waals surface area contributed by atoms with Crippen molar-refractivity contribution in [2.45, 2.75) is 13.8 Å². The summed E-state index contributed by atoms with van der Waals surface area (Å²) in [6.45, 7) is 4.18. The fourth-order valence-corrected chi connectivity index (χ4v) is 2.01. The molecule has 4 nitrogen and oxygen atoms in total. The van der Waals surface area contributed by atoms with Crippen molar-refractivity contribution in [1.29, 1.82) is 0 Å². The molecular weight excluding hydrogens is 256 g/mol. The smallest absolute Gasteiger partial charge is 0.184 e. The number of nitrogens with two attached hydrogens (primary N) is 1. The maximum atomic E-state index is 5.28. The summed E-state index contributed by atoms with van der Waals surface area (Å²) in [5, 5.41) is 4.08. The molecule has 0 fully saturated rings. The van der Waals surface area contributed by atoms with E-state index in [0.29, 0.717) is 0 Å². The highest BCUT2D eigenvalue weighted by atomic mass is 32.1. The molecule has 19 heavy (non-hydrogen) atoms. The first-order valence-corrected chi connectivity index (χ1v) is 6.32. The van der Waals surface area contributed by atoms with Crippen molar-refractivity contribution in [3.05, 3.63) is 53.3 Å². The van der Waals surface area contributed by atoms with Crippen LogP contribution in [0.3, 0.4) is 0 Å². The molecule has 0 aliphatic heterocycles. The molecule has 1 heterocycles. The Balaban J connectivity index is 2.19. The average Bonchev–Trinajstić information content (AvgIpc) is 2.70. The molecule has 0 aliphatic rings. The zero-order valence-corrected chi connectivity index (χ0v) is 11.7. The molecule has 0 bridgehead atoms. The summed E-state index contributed by atoms with van der Waals surface area (Å²) in [5.41, 5.74) is 12.4. The Bertz CT molecular complexity index is 591. The molecule has 2 rings (SSSR count). The summed E-state index contributed by atoms with van der Waals surface area (Å²) in [5.74, 6) is 0. The minimum atomic E-state index is 0.159. The summed E-state index contributed by atoms with van der Waals surface area (Å²) in [6, 6.07) is 12.3. The second-order valence-electron chi connectivity index (χ2n) is 4.28. The molecule has 2 aromatic rings. The van der Waals surface area contributed by atoms with Gasteiger partial charge in [-0.2, -0.15) is 5.10 Å². The van der Waals surface area contributed by atoms with E-state index in [4.69, 9.17) is 5.73 Å². The number of aromatic nitrogens is 1. The predicted molar refractivity (Wildman–Crippen MR) is 82.8 cm³/mol. The lowest BCUT2D eigenvalue weighted by Crippen LogP contribution is -2.23. The first kappa shape index (κ1) is 13.3. The summed E-state index contributed by atoms with van der Waals surface area (Å²) in [7, 11) is 0. The van der Waals surface area contributed by atoms with Crippen LogP contribution in [-0.2, 0) is 0 Å². The lowest BCUT2D eigenvalue weighted by atomic mass is 10.2. The van der Waals surface area contributed by atoms with Crippen molar-refractivity contribution in [3.8, 4) is 5.69 Å². The van der Waals surface area contributed by atoms with E-state index in [1.165, 1.54) is 11.4 Å². The van der Waals surface area contributed by atoms with Gasteiger partial charge in [-0.1, -0.05) is 12.1 Å². The number of nitrogens with one attached hydrogen (secondary N) is 1. The third-order valence-electron chi connectivity index (χ3n) is 2.81. The van der Waals surface area contributed by atoms with E-state index in [-0.39, 0.29) is 5.11 Å². The van der Waals surface area contributed by atoms with Crippen LogP contribution >= 0.6 is 12.2 Å². The molecule has 98 valence electrons. The summed E-state index contributed by atoms with van der Waals surface area (Å²) in [6.07, 6.45) is 1.68. The van der Waals surface area contributed by atoms with Gasteiger partial charge in [0.25, 0.3) is 0 Å². The van der Waals surface area contributed by atoms with Gasteiger partial charge in [-0.25, -0.2) is 0 Å². The normalized spacial score (nSPS) is 10.8. The van der Waals surface area contributed by atoms with Gasteiger partial charge in [0, 0.05) is 17.1 Å². The molecule has 0 amide bonds. The van der Waals surface area contributed by atoms with Crippen LogP contribution in [0.2, 0.25) is 0 Å². The van der Waals surface area contributed by atoms with E-state index >= 15 is 0 Å². The zero-order chi connectivity index (χ0) is 13.8. The highest BCUT2D eigenvalue weighted by Gasteiger charge is 2.02. The van der Waals surface area contributed by atoms with Gasteiger partial charge in [0.2, 0.25) is 0 Å². The quantitative estimate of drug-likeness (QED) is 0.512. The Morgan fingerprint density at radius 2 is 1.74 bits per heavy atom. The third kappa shape index (κ3) is 3.20. The Labute approximate surface area is 117 Å². The van der Waals surface area contributed by atoms with Gasteiger partial charge in [0.15, 0.2) is 5.11 Å². The fraction of sp³-hybridized carbons (Fsp3) is 0.143. The number of aryl methyl sites for hydroxylation is 2. The van der Waals surface area contributed by atoms with Crippen LogP contribution in [0.25, 0.3) is 5.69 Å². The van der Waals surface area contributed by atoms with Crippen LogP contribution in [-0.4, -0.2) is 15.9 Å². The highest BCUT2D eigenvalue weighted by Crippen LogP contribution is 2.16. The molecule has 0 unspecified atom stereocenters. The van der Waals surface area contributed by atoms with E-state index in [9.17, 15) is 0 Å². The van der Waals surface area contributed by atoms with E-state index in [2.05, 4.69) is 65.4 Å². The van der Waals surface area contributed by atoms with Crippen LogP contribution in [0.5, 0.6) is 0 Å². The second kappa shape index (κ2) is 5.67. The largest absolute Gasteiger partial charge is 0.375 e. The third-order valence-corrected chi connectivity index (χ3v) is 2.90. The number of thiocarbonyl (C=S) groups is 1. The molecule has 3 N–H and O–H groups in total. The summed E-state index contributed by atoms with van der Waals surface area (Å²) < 4.78 is 2.20. The van der Waals surface area contributed by atoms with Crippen LogP contribution < -0.4 is 11.2 Å². The van der Waals surface area contributed by atoms with Gasteiger partial charge < -0.3 is 10.3 Å². The molecule has 0 radical (unpaired) electrons. The van der Waals surface area contributed by atoms with Gasteiger partial charge in [-0.3, -0.25) is 5.43 Å². The first-order chi connectivity index (χ1) is 9.08. The fourth-order valence-electron chi connectivity index (χ4n) is 1.96. The standard InChI is InChI=1S/C14H16N4S/c1-10-3-4-11(2)18(10)13-7-5-12(6-8-13)9-16-17-14(15)19/h3-9H,1-2H3,(H3,15,17,19). The predicted octanol–water partition coefficient (Wildman–Crippen LogP) is 2.26. The molecule has 5 heteroatoms. The number of rotatable bonds is 3. The first-order valence-electron chi connectivity index (χ1n) is 5.92. The van der Waals surface area contributed by atoms with Crippen molar-refractivity contribution in [2.24, 2.45) is 10.8 Å². The molecule has 1 aromatic heterocycles. The minimum Gasteiger partial charge on any atom is -0.375 e. The molecule has 1 aromatic carbocycles.